The predicted octanol–water partition coefficient (Wildman–Crippen LogP) is 3.07. The lowest BCUT2D eigenvalue weighted by molar-refractivity contribution is -0.116. The lowest BCUT2D eigenvalue weighted by atomic mass is 9.89. The maximum Gasteiger partial charge on any atom is 0.329 e. The van der Waals surface area contributed by atoms with Crippen LogP contribution in [-0.2, 0) is 11.8 Å². The molecule has 5 rings (SSSR count). The minimum Gasteiger partial charge on any atom is -0.340 e. The number of H-pyrrole nitrogens is 2. The first-order valence-electron chi connectivity index (χ1n) is 8.96. The topological polar surface area (TPSA) is 99.8 Å². The highest BCUT2D eigenvalue weighted by Gasteiger charge is 2.37. The number of anilines is 1. The smallest absolute Gasteiger partial charge is 0.329 e. The molecule has 0 radical (unpaired) electrons. The van der Waals surface area contributed by atoms with Gasteiger partial charge < -0.3 is 10.3 Å². The second-order valence-corrected chi connectivity index (χ2v) is 7.89. The summed E-state index contributed by atoms with van der Waals surface area (Å²) >= 11 is 3.43. The van der Waals surface area contributed by atoms with E-state index >= 15 is 0 Å². The summed E-state index contributed by atoms with van der Waals surface area (Å²) in [4.78, 5) is 43.5. The molecule has 1 aliphatic rings. The quantitative estimate of drug-likeness (QED) is 0.437. The van der Waals surface area contributed by atoms with E-state index in [1.165, 1.54) is 4.57 Å². The van der Waals surface area contributed by atoms with Gasteiger partial charge in [0, 0.05) is 22.8 Å². The highest BCUT2D eigenvalue weighted by atomic mass is 79.9. The molecule has 0 saturated heterocycles. The number of halogens is 1. The zero-order valence-electron chi connectivity index (χ0n) is 15.2. The van der Waals surface area contributed by atoms with Gasteiger partial charge in [0.2, 0.25) is 5.91 Å². The monoisotopic (exact) mass is 450 g/mol. The summed E-state index contributed by atoms with van der Waals surface area (Å²) in [6, 6.07) is 15.0. The Hall–Kier alpha value is -3.39. The second kappa shape index (κ2) is 6.31. The van der Waals surface area contributed by atoms with Gasteiger partial charge in [0.15, 0.2) is 0 Å². The third-order valence-electron chi connectivity index (χ3n) is 5.32. The van der Waals surface area contributed by atoms with Crippen LogP contribution < -0.4 is 16.6 Å². The number of hydrogen-bond donors (Lipinski definition) is 3. The molecular weight excluding hydrogens is 436 g/mol. The molecule has 0 unspecified atom stereocenters. The van der Waals surface area contributed by atoms with Crippen LogP contribution >= 0.6 is 15.9 Å². The Morgan fingerprint density at radius 3 is 2.45 bits per heavy atom. The number of para-hydroxylation sites is 1. The molecule has 3 N–H and O–H groups in total. The van der Waals surface area contributed by atoms with Crippen molar-refractivity contribution in [3.05, 3.63) is 85.0 Å². The van der Waals surface area contributed by atoms with E-state index in [0.29, 0.717) is 22.3 Å². The Morgan fingerprint density at radius 2 is 1.69 bits per heavy atom. The van der Waals surface area contributed by atoms with Gasteiger partial charge in [0.05, 0.1) is 17.0 Å². The van der Waals surface area contributed by atoms with Crippen molar-refractivity contribution < 1.29 is 4.79 Å². The van der Waals surface area contributed by atoms with Crippen molar-refractivity contribution in [1.82, 2.24) is 14.5 Å². The fourth-order valence-corrected chi connectivity index (χ4v) is 4.22. The summed E-state index contributed by atoms with van der Waals surface area (Å²) in [7, 11) is 1.58. The van der Waals surface area contributed by atoms with E-state index in [2.05, 4.69) is 31.2 Å². The first-order valence-corrected chi connectivity index (χ1v) is 9.75. The number of aryl methyl sites for hydroxylation is 1. The van der Waals surface area contributed by atoms with Gasteiger partial charge in [-0.3, -0.25) is 19.1 Å². The van der Waals surface area contributed by atoms with Crippen LogP contribution in [0.1, 0.15) is 17.0 Å². The number of benzene rings is 2. The van der Waals surface area contributed by atoms with E-state index in [0.717, 1.165) is 21.3 Å². The van der Waals surface area contributed by atoms with E-state index in [1.807, 2.05) is 48.5 Å². The molecule has 29 heavy (non-hydrogen) atoms. The molecule has 7 nitrogen and oxygen atoms in total. The molecule has 0 aliphatic carbocycles. The number of aromatic amines is 2. The zero-order valence-corrected chi connectivity index (χ0v) is 16.8. The number of aromatic nitrogens is 3. The first-order chi connectivity index (χ1) is 14.0. The molecule has 1 atom stereocenters. The first kappa shape index (κ1) is 17.7. The van der Waals surface area contributed by atoms with Gasteiger partial charge >= 0.3 is 5.69 Å². The Bertz CT molecular complexity index is 1410. The molecule has 144 valence electrons. The summed E-state index contributed by atoms with van der Waals surface area (Å²) in [5.74, 6) is -0.879. The van der Waals surface area contributed by atoms with E-state index in [1.54, 1.807) is 7.05 Å². The SMILES string of the molecule is Cn1c(=O)[nH]c(=O)c2c([C@@H]3C(=O)Nc4ccccc43)c(-c3ccc(Br)cc3)[nH]c21. The molecule has 0 bridgehead atoms. The molecule has 1 aliphatic heterocycles. The standard InChI is InChI=1S/C21H15BrN4O3/c1-26-18-16(20(28)25-21(26)29)15(17(24-18)10-6-8-11(22)9-7-10)14-12-4-2-3-5-13(12)23-19(14)27/h2-9,14,24H,1H3,(H,23,27)(H,25,28,29)/t14-/m1/s1. The molecule has 3 heterocycles. The molecule has 0 saturated carbocycles. The third kappa shape index (κ3) is 2.60. The number of carbonyl (C=O) groups excluding carboxylic acids is 1. The fraction of sp³-hybridized carbons (Fsp3) is 0.0952. The lowest BCUT2D eigenvalue weighted by Gasteiger charge is -2.11. The van der Waals surface area contributed by atoms with Gasteiger partial charge in [-0.25, -0.2) is 4.79 Å². The van der Waals surface area contributed by atoms with Gasteiger partial charge in [-0.05, 0) is 29.3 Å². The van der Waals surface area contributed by atoms with Crippen LogP contribution in [0.2, 0.25) is 0 Å². The van der Waals surface area contributed by atoms with Gasteiger partial charge in [-0.2, -0.15) is 0 Å². The van der Waals surface area contributed by atoms with Gasteiger partial charge in [-0.1, -0.05) is 46.3 Å². The molecule has 8 heteroatoms. The highest BCUT2D eigenvalue weighted by Crippen LogP contribution is 2.43. The Balaban J connectivity index is 1.91. The Morgan fingerprint density at radius 1 is 0.966 bits per heavy atom. The minimum atomic E-state index is -0.669. The predicted molar refractivity (Wildman–Crippen MR) is 114 cm³/mol. The summed E-state index contributed by atoms with van der Waals surface area (Å²) < 4.78 is 2.26. The lowest BCUT2D eigenvalue weighted by Crippen LogP contribution is -2.28. The van der Waals surface area contributed by atoms with Crippen molar-refractivity contribution in [3.8, 4) is 11.3 Å². The molecule has 2 aromatic heterocycles. The van der Waals surface area contributed by atoms with E-state index < -0.39 is 17.2 Å². The van der Waals surface area contributed by atoms with Gasteiger partial charge in [0.1, 0.15) is 5.65 Å². The largest absolute Gasteiger partial charge is 0.340 e. The third-order valence-corrected chi connectivity index (χ3v) is 5.85. The van der Waals surface area contributed by atoms with Crippen molar-refractivity contribution in [2.24, 2.45) is 7.05 Å². The normalized spacial score (nSPS) is 15.5. The molecule has 1 amide bonds. The van der Waals surface area contributed by atoms with Crippen LogP contribution in [-0.4, -0.2) is 20.4 Å². The fourth-order valence-electron chi connectivity index (χ4n) is 3.96. The van der Waals surface area contributed by atoms with Crippen LogP contribution in [0.25, 0.3) is 22.3 Å². The molecule has 2 aromatic carbocycles. The van der Waals surface area contributed by atoms with Crippen LogP contribution in [0.3, 0.4) is 0 Å². The Kier molecular flexibility index (Phi) is 3.85. The van der Waals surface area contributed by atoms with Crippen molar-refractivity contribution in [2.75, 3.05) is 5.32 Å². The van der Waals surface area contributed by atoms with E-state index in [9.17, 15) is 14.4 Å². The highest BCUT2D eigenvalue weighted by molar-refractivity contribution is 9.10. The van der Waals surface area contributed by atoms with Crippen LogP contribution in [0.15, 0.2) is 62.6 Å². The molecule has 4 aromatic rings. The number of nitrogens with zero attached hydrogens (tertiary/aromatic N) is 1. The number of fused-ring (bicyclic) bond motifs is 2. The van der Waals surface area contributed by atoms with Crippen molar-refractivity contribution in [1.29, 1.82) is 0 Å². The number of hydrogen-bond acceptors (Lipinski definition) is 3. The van der Waals surface area contributed by atoms with E-state index in [-0.39, 0.29) is 5.91 Å². The zero-order chi connectivity index (χ0) is 20.3. The number of nitrogens with one attached hydrogen (secondary N) is 3. The average molecular weight is 451 g/mol. The summed E-state index contributed by atoms with van der Waals surface area (Å²) in [5.41, 5.74) is 2.86. The molecular formula is C21H15BrN4O3. The van der Waals surface area contributed by atoms with Crippen molar-refractivity contribution in [3.63, 3.8) is 0 Å². The van der Waals surface area contributed by atoms with Gasteiger partial charge in [0.25, 0.3) is 5.56 Å². The van der Waals surface area contributed by atoms with Crippen LogP contribution in [0, 0.1) is 0 Å². The number of rotatable bonds is 2. The number of carbonyl (C=O) groups is 1. The Labute approximate surface area is 172 Å². The molecule has 0 spiro atoms. The van der Waals surface area contributed by atoms with E-state index in [4.69, 9.17) is 0 Å². The average Bonchev–Trinajstić information content (AvgIpc) is 3.24. The van der Waals surface area contributed by atoms with Crippen LogP contribution in [0.5, 0.6) is 0 Å². The summed E-state index contributed by atoms with van der Waals surface area (Å²) in [6.45, 7) is 0. The number of amides is 1. The van der Waals surface area contributed by atoms with Gasteiger partial charge in [-0.15, -0.1) is 0 Å². The molecule has 0 fully saturated rings. The van der Waals surface area contributed by atoms with Crippen molar-refractivity contribution in [2.45, 2.75) is 5.92 Å². The maximum absolute atomic E-state index is 13.0. The van der Waals surface area contributed by atoms with Crippen molar-refractivity contribution >= 4 is 38.6 Å². The maximum atomic E-state index is 13.0. The minimum absolute atomic E-state index is 0.210. The second-order valence-electron chi connectivity index (χ2n) is 6.97. The van der Waals surface area contributed by atoms with Crippen LogP contribution in [0.4, 0.5) is 5.69 Å². The summed E-state index contributed by atoms with van der Waals surface area (Å²) in [5, 5.41) is 3.20. The summed E-state index contributed by atoms with van der Waals surface area (Å²) in [6.07, 6.45) is 0.